The van der Waals surface area contributed by atoms with Crippen molar-refractivity contribution in [3.63, 3.8) is 0 Å². The predicted octanol–water partition coefficient (Wildman–Crippen LogP) is 1.34. The average molecular weight is 420 g/mol. The molecule has 2 heterocycles. The molecule has 1 fully saturated rings. The van der Waals surface area contributed by atoms with E-state index in [0.29, 0.717) is 6.61 Å². The maximum Gasteiger partial charge on any atom is 0.351 e. The second-order valence-corrected chi connectivity index (χ2v) is 14.8. The number of nitrogens with zero attached hydrogens (tertiary/aromatic N) is 2. The Morgan fingerprint density at radius 3 is 2.48 bits per heavy atom. The molecule has 9 nitrogen and oxygen atoms in total. The summed E-state index contributed by atoms with van der Waals surface area (Å²) < 4.78 is 41.1. The summed E-state index contributed by atoms with van der Waals surface area (Å²) in [7, 11) is -5.61. The fourth-order valence-electron chi connectivity index (χ4n) is 2.43. The molecular weight excluding hydrogens is 390 g/mol. The molecule has 1 saturated heterocycles. The molecule has 154 valence electrons. The van der Waals surface area contributed by atoms with Crippen LogP contribution in [-0.4, -0.2) is 51.9 Å². The van der Waals surface area contributed by atoms with Gasteiger partial charge in [-0.25, -0.2) is 4.79 Å². The number of nitrogens with two attached hydrogens (primary N) is 1. The van der Waals surface area contributed by atoms with Crippen LogP contribution in [0, 0.1) is 5.92 Å². The van der Waals surface area contributed by atoms with Crippen LogP contribution in [0.5, 0.6) is 0 Å². The Balaban J connectivity index is 2.15. The minimum atomic E-state index is -3.62. The molecule has 2 N–H and O–H groups in total. The second-order valence-electron chi connectivity index (χ2n) is 8.33. The van der Waals surface area contributed by atoms with Crippen molar-refractivity contribution in [3.8, 4) is 0 Å². The van der Waals surface area contributed by atoms with Gasteiger partial charge in [-0.15, -0.1) is 0 Å². The maximum absolute atomic E-state index is 12.1. The molecule has 0 saturated carbocycles. The Bertz CT molecular complexity index is 833. The van der Waals surface area contributed by atoms with Crippen LogP contribution in [0.4, 0.5) is 5.82 Å². The van der Waals surface area contributed by atoms with E-state index >= 15 is 0 Å². The molecule has 0 amide bonds. The lowest BCUT2D eigenvalue weighted by atomic mass is 9.95. The molecule has 0 radical (unpaired) electrons. The molecule has 0 spiro atoms. The van der Waals surface area contributed by atoms with Crippen LogP contribution in [0.1, 0.15) is 27.0 Å². The SMILES string of the molecule is CC(C)(C)[Si](C)(C)OC[C@H]1O[C@@H](n2ccc(N)nc2=O)[C@@H]1COS(C)(=O)=O. The van der Waals surface area contributed by atoms with Crippen molar-refractivity contribution in [1.82, 2.24) is 9.55 Å². The third kappa shape index (κ3) is 5.38. The zero-order valence-electron chi connectivity index (χ0n) is 16.6. The highest BCUT2D eigenvalue weighted by atomic mass is 32.2. The predicted molar refractivity (Wildman–Crippen MR) is 104 cm³/mol. The molecule has 3 atom stereocenters. The minimum Gasteiger partial charge on any atom is -0.414 e. The fraction of sp³-hybridized carbons (Fsp3) is 0.750. The third-order valence-corrected chi connectivity index (χ3v) is 10.2. The zero-order valence-corrected chi connectivity index (χ0v) is 18.4. The molecule has 1 aliphatic rings. The van der Waals surface area contributed by atoms with Gasteiger partial charge in [0.15, 0.2) is 8.32 Å². The van der Waals surface area contributed by atoms with Gasteiger partial charge in [-0.2, -0.15) is 13.4 Å². The first-order valence-electron chi connectivity index (χ1n) is 8.70. The van der Waals surface area contributed by atoms with Crippen molar-refractivity contribution in [2.24, 2.45) is 5.92 Å². The van der Waals surface area contributed by atoms with E-state index in [1.807, 2.05) is 0 Å². The molecule has 1 aromatic rings. The normalized spacial score (nSPS) is 23.9. The monoisotopic (exact) mass is 419 g/mol. The van der Waals surface area contributed by atoms with Gasteiger partial charge >= 0.3 is 5.69 Å². The number of rotatable bonds is 7. The number of anilines is 1. The topological polar surface area (TPSA) is 123 Å². The highest BCUT2D eigenvalue weighted by molar-refractivity contribution is 7.85. The summed E-state index contributed by atoms with van der Waals surface area (Å²) in [6, 6.07) is 1.48. The van der Waals surface area contributed by atoms with Crippen LogP contribution >= 0.6 is 0 Å². The standard InChI is InChI=1S/C16H29N3O6SSi/c1-16(2,3)27(5,6)24-10-12-11(9-23-26(4,21)22)14(25-12)19-8-7-13(17)18-15(19)20/h7-8,11-12,14H,9-10H2,1-6H3,(H2,17,18,20)/t11-,12-,14-/m1/s1. The summed E-state index contributed by atoms with van der Waals surface area (Å²) in [5, 5.41) is 0.0344. The third-order valence-electron chi connectivity index (χ3n) is 5.17. The van der Waals surface area contributed by atoms with Gasteiger partial charge in [0.1, 0.15) is 12.0 Å². The molecule has 11 heteroatoms. The number of aromatic nitrogens is 2. The zero-order chi connectivity index (χ0) is 20.6. The van der Waals surface area contributed by atoms with E-state index in [9.17, 15) is 13.2 Å². The first-order chi connectivity index (χ1) is 12.2. The first-order valence-corrected chi connectivity index (χ1v) is 13.4. The first kappa shape index (κ1) is 22.0. The van der Waals surface area contributed by atoms with Crippen molar-refractivity contribution in [3.05, 3.63) is 22.7 Å². The summed E-state index contributed by atoms with van der Waals surface area (Å²) in [4.78, 5) is 15.8. The van der Waals surface area contributed by atoms with E-state index < -0.39 is 30.4 Å². The van der Waals surface area contributed by atoms with E-state index in [1.165, 1.54) is 16.8 Å². The van der Waals surface area contributed by atoms with Gasteiger partial charge in [0.25, 0.3) is 10.1 Å². The van der Waals surface area contributed by atoms with Crippen LogP contribution < -0.4 is 11.4 Å². The van der Waals surface area contributed by atoms with E-state index in [-0.39, 0.29) is 29.5 Å². The summed E-state index contributed by atoms with van der Waals surface area (Å²) >= 11 is 0. The Kier molecular flexibility index (Phi) is 6.22. The van der Waals surface area contributed by atoms with E-state index in [1.54, 1.807) is 0 Å². The number of ether oxygens (including phenoxy) is 1. The fourth-order valence-corrected chi connectivity index (χ4v) is 3.85. The van der Waals surface area contributed by atoms with Crippen LogP contribution in [0.15, 0.2) is 17.1 Å². The highest BCUT2D eigenvalue weighted by Crippen LogP contribution is 2.40. The van der Waals surface area contributed by atoms with Gasteiger partial charge in [0.2, 0.25) is 0 Å². The lowest BCUT2D eigenvalue weighted by Crippen LogP contribution is -2.54. The Hall–Kier alpha value is -1.27. The van der Waals surface area contributed by atoms with Gasteiger partial charge < -0.3 is 14.9 Å². The van der Waals surface area contributed by atoms with E-state index in [0.717, 1.165) is 6.26 Å². The molecule has 1 aliphatic heterocycles. The van der Waals surface area contributed by atoms with Gasteiger partial charge in [-0.3, -0.25) is 8.75 Å². The smallest absolute Gasteiger partial charge is 0.351 e. The summed E-state index contributed by atoms with van der Waals surface area (Å²) in [5.41, 5.74) is 4.95. The number of hydrogen-bond acceptors (Lipinski definition) is 8. The Morgan fingerprint density at radius 2 is 1.96 bits per heavy atom. The summed E-state index contributed by atoms with van der Waals surface area (Å²) in [5.74, 6) is -0.259. The molecular formula is C16H29N3O6SSi. The maximum atomic E-state index is 12.1. The summed E-state index contributed by atoms with van der Waals surface area (Å²) in [6.07, 6.45) is 1.41. The Labute approximate surface area is 161 Å². The van der Waals surface area contributed by atoms with Crippen LogP contribution in [0.3, 0.4) is 0 Å². The Morgan fingerprint density at radius 1 is 1.33 bits per heavy atom. The molecule has 2 rings (SSSR count). The van der Waals surface area contributed by atoms with Crippen molar-refractivity contribution >= 4 is 24.3 Å². The quantitative estimate of drug-likeness (QED) is 0.519. The van der Waals surface area contributed by atoms with Gasteiger partial charge in [0.05, 0.1) is 31.5 Å². The molecule has 0 aliphatic carbocycles. The largest absolute Gasteiger partial charge is 0.414 e. The van der Waals surface area contributed by atoms with Crippen molar-refractivity contribution in [2.75, 3.05) is 25.2 Å². The molecule has 1 aromatic heterocycles. The molecule has 0 bridgehead atoms. The van der Waals surface area contributed by atoms with Crippen molar-refractivity contribution in [2.45, 2.75) is 51.2 Å². The molecule has 0 unspecified atom stereocenters. The molecule has 27 heavy (non-hydrogen) atoms. The number of hydrogen-bond donors (Lipinski definition) is 1. The lowest BCUT2D eigenvalue weighted by Gasteiger charge is -2.46. The summed E-state index contributed by atoms with van der Waals surface area (Å²) in [6.45, 7) is 10.8. The van der Waals surface area contributed by atoms with Crippen LogP contribution in [0.2, 0.25) is 18.1 Å². The van der Waals surface area contributed by atoms with E-state index in [4.69, 9.17) is 19.1 Å². The van der Waals surface area contributed by atoms with Gasteiger partial charge in [-0.05, 0) is 24.2 Å². The van der Waals surface area contributed by atoms with Crippen LogP contribution in [-0.2, 0) is 23.5 Å². The van der Waals surface area contributed by atoms with Crippen molar-refractivity contribution in [1.29, 1.82) is 0 Å². The minimum absolute atomic E-state index is 0.0344. The van der Waals surface area contributed by atoms with Gasteiger partial charge in [0, 0.05) is 6.20 Å². The van der Waals surface area contributed by atoms with Gasteiger partial charge in [-0.1, -0.05) is 20.8 Å². The van der Waals surface area contributed by atoms with E-state index in [2.05, 4.69) is 38.8 Å². The van der Waals surface area contributed by atoms with Crippen molar-refractivity contribution < 1.29 is 21.8 Å². The highest BCUT2D eigenvalue weighted by Gasteiger charge is 2.47. The molecule has 0 aromatic carbocycles. The second kappa shape index (κ2) is 7.63. The number of nitrogen functional groups attached to an aromatic ring is 1. The lowest BCUT2D eigenvalue weighted by molar-refractivity contribution is -0.242. The average Bonchev–Trinajstić information content (AvgIpc) is 2.45. The van der Waals surface area contributed by atoms with Crippen LogP contribution in [0.25, 0.3) is 0 Å².